The van der Waals surface area contributed by atoms with E-state index in [-0.39, 0.29) is 18.2 Å². The van der Waals surface area contributed by atoms with Gasteiger partial charge in [0.1, 0.15) is 0 Å². The van der Waals surface area contributed by atoms with Gasteiger partial charge in [-0.2, -0.15) is 0 Å². The highest BCUT2D eigenvalue weighted by Crippen LogP contribution is 2.38. The van der Waals surface area contributed by atoms with Crippen LogP contribution >= 0.6 is 12.4 Å². The van der Waals surface area contributed by atoms with Gasteiger partial charge in [0.2, 0.25) is 0 Å². The van der Waals surface area contributed by atoms with Gasteiger partial charge in [0, 0.05) is 25.1 Å². The Labute approximate surface area is 203 Å². The lowest BCUT2D eigenvalue weighted by Gasteiger charge is -2.30. The van der Waals surface area contributed by atoms with Crippen LogP contribution in [-0.4, -0.2) is 30.3 Å². The Hall–Kier alpha value is -2.94. The lowest BCUT2D eigenvalue weighted by molar-refractivity contribution is 0.0974. The molecule has 33 heavy (non-hydrogen) atoms. The van der Waals surface area contributed by atoms with Crippen molar-refractivity contribution < 1.29 is 4.79 Å². The molecular weight excluding hydrogens is 426 g/mol. The quantitative estimate of drug-likeness (QED) is 0.298. The summed E-state index contributed by atoms with van der Waals surface area (Å²) in [5.41, 5.74) is 9.13. The monoisotopic (exact) mass is 455 g/mol. The Morgan fingerprint density at radius 3 is 1.88 bits per heavy atom. The molecule has 0 atom stereocenters. The number of hydrogen-bond donors (Lipinski definition) is 0. The van der Waals surface area contributed by atoms with Crippen molar-refractivity contribution in [1.82, 2.24) is 4.90 Å². The van der Waals surface area contributed by atoms with Crippen molar-refractivity contribution in [2.75, 3.05) is 19.6 Å². The van der Waals surface area contributed by atoms with E-state index in [0.717, 1.165) is 44.5 Å². The van der Waals surface area contributed by atoms with Crippen LogP contribution in [0.1, 0.15) is 58.3 Å². The van der Waals surface area contributed by atoms with E-state index in [9.17, 15) is 4.79 Å². The molecule has 0 unspecified atom stereocenters. The molecule has 0 N–H and O–H groups in total. The number of carbonyl (C=O) groups excluding carboxylic acids is 1. The van der Waals surface area contributed by atoms with Crippen molar-refractivity contribution >= 4 is 35.9 Å². The van der Waals surface area contributed by atoms with Gasteiger partial charge in [-0.05, 0) is 53.6 Å². The van der Waals surface area contributed by atoms with Gasteiger partial charge in [0.25, 0.3) is 0 Å². The van der Waals surface area contributed by atoms with E-state index in [0.29, 0.717) is 6.42 Å². The molecule has 0 aromatic heterocycles. The molecule has 0 spiro atoms. The summed E-state index contributed by atoms with van der Waals surface area (Å²) < 4.78 is 0. The average molecular weight is 456 g/mol. The SMILES string of the molecule is Cl.O=C(CCCN1CCC(=C2c3ccccc3C=Cc3ccccc32)CC1)c1ccccc1. The lowest BCUT2D eigenvalue weighted by Crippen LogP contribution is -2.32. The minimum Gasteiger partial charge on any atom is -0.303 e. The van der Waals surface area contributed by atoms with Gasteiger partial charge >= 0.3 is 0 Å². The number of hydrogen-bond acceptors (Lipinski definition) is 2. The molecule has 3 heteroatoms. The molecule has 0 saturated carbocycles. The summed E-state index contributed by atoms with van der Waals surface area (Å²) in [6, 6.07) is 27.2. The Bertz CT molecular complexity index is 1120. The topological polar surface area (TPSA) is 20.3 Å². The Kier molecular flexibility index (Phi) is 7.59. The average Bonchev–Trinajstić information content (AvgIpc) is 3.02. The van der Waals surface area contributed by atoms with Crippen molar-refractivity contribution in [3.63, 3.8) is 0 Å². The van der Waals surface area contributed by atoms with E-state index in [1.165, 1.54) is 27.8 Å². The Morgan fingerprint density at radius 1 is 0.727 bits per heavy atom. The van der Waals surface area contributed by atoms with E-state index in [4.69, 9.17) is 0 Å². The lowest BCUT2D eigenvalue weighted by atomic mass is 9.86. The maximum atomic E-state index is 12.4. The molecule has 1 heterocycles. The smallest absolute Gasteiger partial charge is 0.162 e. The largest absolute Gasteiger partial charge is 0.303 e. The summed E-state index contributed by atoms with van der Waals surface area (Å²) in [5, 5.41) is 0. The van der Waals surface area contributed by atoms with Gasteiger partial charge in [-0.1, -0.05) is 96.6 Å². The van der Waals surface area contributed by atoms with Crippen LogP contribution in [0.5, 0.6) is 0 Å². The first-order chi connectivity index (χ1) is 15.8. The van der Waals surface area contributed by atoms with E-state index in [1.807, 2.05) is 30.3 Å². The summed E-state index contributed by atoms with van der Waals surface area (Å²) >= 11 is 0. The highest BCUT2D eigenvalue weighted by Gasteiger charge is 2.22. The van der Waals surface area contributed by atoms with E-state index in [2.05, 4.69) is 65.6 Å². The zero-order valence-corrected chi connectivity index (χ0v) is 19.7. The fourth-order valence-electron chi connectivity index (χ4n) is 4.97. The van der Waals surface area contributed by atoms with E-state index >= 15 is 0 Å². The molecule has 2 nitrogen and oxygen atoms in total. The fraction of sp³-hybridized carbons (Fsp3) is 0.233. The van der Waals surface area contributed by atoms with Gasteiger partial charge in [-0.15, -0.1) is 12.4 Å². The number of likely N-dealkylation sites (tertiary alicyclic amines) is 1. The number of Topliss-reactive ketones (excluding diaryl/α,β-unsaturated/α-hetero) is 1. The second kappa shape index (κ2) is 10.8. The molecule has 1 saturated heterocycles. The first-order valence-corrected chi connectivity index (χ1v) is 11.7. The van der Waals surface area contributed by atoms with Crippen LogP contribution in [0.4, 0.5) is 0 Å². The van der Waals surface area contributed by atoms with Crippen molar-refractivity contribution in [2.45, 2.75) is 25.7 Å². The third-order valence-electron chi connectivity index (χ3n) is 6.69. The summed E-state index contributed by atoms with van der Waals surface area (Å²) in [5.74, 6) is 0.254. The van der Waals surface area contributed by atoms with Gasteiger partial charge in [-0.25, -0.2) is 0 Å². The van der Waals surface area contributed by atoms with Crippen molar-refractivity contribution in [1.29, 1.82) is 0 Å². The number of benzene rings is 3. The Morgan fingerprint density at radius 2 is 1.27 bits per heavy atom. The molecule has 3 aromatic carbocycles. The second-order valence-corrected chi connectivity index (χ2v) is 8.72. The summed E-state index contributed by atoms with van der Waals surface area (Å²) in [6.45, 7) is 3.13. The van der Waals surface area contributed by atoms with Crippen LogP contribution in [0, 0.1) is 0 Å². The predicted molar refractivity (Wildman–Crippen MR) is 141 cm³/mol. The van der Waals surface area contributed by atoms with Crippen molar-refractivity contribution in [3.8, 4) is 0 Å². The van der Waals surface area contributed by atoms with Crippen LogP contribution in [0.2, 0.25) is 0 Å². The first kappa shape index (κ1) is 23.2. The molecule has 168 valence electrons. The van der Waals surface area contributed by atoms with Crippen LogP contribution in [0.3, 0.4) is 0 Å². The van der Waals surface area contributed by atoms with E-state index in [1.54, 1.807) is 5.57 Å². The van der Waals surface area contributed by atoms with Crippen LogP contribution in [-0.2, 0) is 0 Å². The standard InChI is InChI=1S/C30H29NO.ClH/c32-29(25-11-2-1-3-12-25)15-8-20-31-21-18-26(19-22-31)30-27-13-6-4-9-23(27)16-17-24-10-5-7-14-28(24)30;/h1-7,9-14,16-17H,8,15,18-22H2;1H. The van der Waals surface area contributed by atoms with Gasteiger partial charge in [0.05, 0.1) is 0 Å². The van der Waals surface area contributed by atoms with E-state index < -0.39 is 0 Å². The predicted octanol–water partition coefficient (Wildman–Crippen LogP) is 7.15. The van der Waals surface area contributed by atoms with Crippen molar-refractivity contribution in [2.24, 2.45) is 0 Å². The molecular formula is C30H30ClNO. The zero-order chi connectivity index (χ0) is 21.8. The fourth-order valence-corrected chi connectivity index (χ4v) is 4.97. The number of piperidine rings is 1. The van der Waals surface area contributed by atoms with Gasteiger partial charge < -0.3 is 4.90 Å². The van der Waals surface area contributed by atoms with Crippen LogP contribution in [0.25, 0.3) is 17.7 Å². The molecule has 0 radical (unpaired) electrons. The number of fused-ring (bicyclic) bond motifs is 2. The summed E-state index contributed by atoms with van der Waals surface area (Å²) in [6.07, 6.45) is 8.23. The molecule has 1 fully saturated rings. The molecule has 0 bridgehead atoms. The number of halogens is 1. The maximum absolute atomic E-state index is 12.4. The minimum absolute atomic E-state index is 0. The number of carbonyl (C=O) groups is 1. The highest BCUT2D eigenvalue weighted by molar-refractivity contribution is 5.96. The molecule has 5 rings (SSSR count). The normalized spacial score (nSPS) is 15.3. The third kappa shape index (κ3) is 5.19. The molecule has 2 aliphatic rings. The molecule has 3 aromatic rings. The molecule has 1 aliphatic carbocycles. The Balaban J connectivity index is 0.00000259. The van der Waals surface area contributed by atoms with Crippen LogP contribution in [0.15, 0.2) is 84.4 Å². The highest BCUT2D eigenvalue weighted by atomic mass is 35.5. The van der Waals surface area contributed by atoms with Crippen molar-refractivity contribution in [3.05, 3.63) is 112 Å². The summed E-state index contributed by atoms with van der Waals surface area (Å²) in [7, 11) is 0. The molecule has 1 aliphatic heterocycles. The number of nitrogens with zero attached hydrogens (tertiary/aromatic N) is 1. The maximum Gasteiger partial charge on any atom is 0.162 e. The number of rotatable bonds is 5. The van der Waals surface area contributed by atoms with Gasteiger partial charge in [-0.3, -0.25) is 4.79 Å². The summed E-state index contributed by atoms with van der Waals surface area (Å²) in [4.78, 5) is 14.9. The minimum atomic E-state index is 0. The van der Waals surface area contributed by atoms with Crippen LogP contribution < -0.4 is 0 Å². The van der Waals surface area contributed by atoms with Gasteiger partial charge in [0.15, 0.2) is 5.78 Å². The number of ketones is 1. The second-order valence-electron chi connectivity index (χ2n) is 8.72. The third-order valence-corrected chi connectivity index (χ3v) is 6.69. The first-order valence-electron chi connectivity index (χ1n) is 11.7. The zero-order valence-electron chi connectivity index (χ0n) is 18.9. The molecule has 0 amide bonds.